The largest absolute Gasteiger partial charge is 0.378 e. The second kappa shape index (κ2) is 6.27. The number of halogens is 1. The number of anilines is 1. The highest BCUT2D eigenvalue weighted by Crippen LogP contribution is 2.18. The predicted octanol–water partition coefficient (Wildman–Crippen LogP) is 1.77. The van der Waals surface area contributed by atoms with Crippen LogP contribution in [-0.2, 0) is 4.74 Å². The van der Waals surface area contributed by atoms with E-state index in [-0.39, 0.29) is 12.4 Å². The van der Waals surface area contributed by atoms with Gasteiger partial charge in [-0.2, -0.15) is 0 Å². The van der Waals surface area contributed by atoms with E-state index in [1.165, 1.54) is 0 Å². The van der Waals surface area contributed by atoms with Crippen molar-refractivity contribution in [2.75, 3.05) is 37.5 Å². The summed E-state index contributed by atoms with van der Waals surface area (Å²) in [5, 5.41) is 0.844. The normalized spacial score (nSPS) is 15.8. The Morgan fingerprint density at radius 2 is 2.00 bits per heavy atom. The summed E-state index contributed by atoms with van der Waals surface area (Å²) >= 11 is 1.58. The van der Waals surface area contributed by atoms with Crippen LogP contribution in [-0.4, -0.2) is 42.5 Å². The van der Waals surface area contributed by atoms with Gasteiger partial charge in [0.25, 0.3) is 0 Å². The van der Waals surface area contributed by atoms with Crippen LogP contribution in [0.4, 0.5) is 5.82 Å². The summed E-state index contributed by atoms with van der Waals surface area (Å²) < 4.78 is 5.32. The second-order valence-corrected chi connectivity index (χ2v) is 4.23. The van der Waals surface area contributed by atoms with Gasteiger partial charge in [-0.25, -0.2) is 9.97 Å². The number of hydrogen-bond acceptors (Lipinski definition) is 5. The number of thioether (sulfide) groups is 1. The monoisotopic (exact) mass is 261 g/mol. The summed E-state index contributed by atoms with van der Waals surface area (Å²) in [6.45, 7) is 5.43. The molecule has 4 nitrogen and oxygen atoms in total. The molecule has 2 rings (SSSR count). The van der Waals surface area contributed by atoms with Crippen molar-refractivity contribution in [1.82, 2.24) is 9.97 Å². The highest BCUT2D eigenvalue weighted by molar-refractivity contribution is 7.98. The Morgan fingerprint density at radius 3 is 2.62 bits per heavy atom. The Morgan fingerprint density at radius 1 is 1.31 bits per heavy atom. The number of rotatable bonds is 2. The minimum Gasteiger partial charge on any atom is -0.378 e. The molecule has 0 aromatic carbocycles. The van der Waals surface area contributed by atoms with E-state index in [0.29, 0.717) is 0 Å². The van der Waals surface area contributed by atoms with E-state index in [1.54, 1.807) is 11.8 Å². The first-order chi connectivity index (χ1) is 7.29. The van der Waals surface area contributed by atoms with Gasteiger partial charge in [-0.1, -0.05) is 11.8 Å². The Bertz CT molecular complexity index is 345. The van der Waals surface area contributed by atoms with Crippen LogP contribution in [0.2, 0.25) is 0 Å². The van der Waals surface area contributed by atoms with Crippen LogP contribution in [0.5, 0.6) is 0 Å². The SMILES string of the molecule is CSc1nc(C)cc(N2CCOCC2)n1.Cl. The molecule has 0 amide bonds. The smallest absolute Gasteiger partial charge is 0.189 e. The number of aryl methyl sites for hydroxylation is 1. The molecule has 0 radical (unpaired) electrons. The summed E-state index contributed by atoms with van der Waals surface area (Å²) in [6.07, 6.45) is 2.00. The van der Waals surface area contributed by atoms with Gasteiger partial charge in [0.1, 0.15) is 5.82 Å². The van der Waals surface area contributed by atoms with Gasteiger partial charge in [0.15, 0.2) is 5.16 Å². The molecule has 0 saturated carbocycles. The Hall–Kier alpha value is -0.520. The third kappa shape index (κ3) is 3.23. The van der Waals surface area contributed by atoms with Crippen molar-refractivity contribution in [3.8, 4) is 0 Å². The van der Waals surface area contributed by atoms with Crippen molar-refractivity contribution in [3.05, 3.63) is 11.8 Å². The lowest BCUT2D eigenvalue weighted by molar-refractivity contribution is 0.122. The van der Waals surface area contributed by atoms with Crippen molar-refractivity contribution in [2.45, 2.75) is 12.1 Å². The van der Waals surface area contributed by atoms with Crippen molar-refractivity contribution < 1.29 is 4.74 Å². The number of nitrogens with zero attached hydrogens (tertiary/aromatic N) is 3. The van der Waals surface area contributed by atoms with Gasteiger partial charge in [0.2, 0.25) is 0 Å². The molecule has 0 aliphatic carbocycles. The molecule has 0 spiro atoms. The molecule has 90 valence electrons. The topological polar surface area (TPSA) is 38.2 Å². The number of ether oxygens (including phenoxy) is 1. The van der Waals surface area contributed by atoms with Crippen LogP contribution in [0.1, 0.15) is 5.69 Å². The molecule has 1 aromatic heterocycles. The average molecular weight is 262 g/mol. The third-order valence-electron chi connectivity index (χ3n) is 2.34. The highest BCUT2D eigenvalue weighted by atomic mass is 35.5. The molecule has 1 aliphatic rings. The summed E-state index contributed by atoms with van der Waals surface area (Å²) in [6, 6.07) is 2.03. The fourth-order valence-corrected chi connectivity index (χ4v) is 1.99. The van der Waals surface area contributed by atoms with Gasteiger partial charge in [0.05, 0.1) is 13.2 Å². The molecular weight excluding hydrogens is 246 g/mol. The van der Waals surface area contributed by atoms with E-state index in [4.69, 9.17) is 4.74 Å². The molecule has 1 aromatic rings. The zero-order valence-electron chi connectivity index (χ0n) is 9.47. The van der Waals surface area contributed by atoms with E-state index in [0.717, 1.165) is 43.0 Å². The molecular formula is C10H16ClN3OS. The van der Waals surface area contributed by atoms with Gasteiger partial charge >= 0.3 is 0 Å². The van der Waals surface area contributed by atoms with Crippen LogP contribution in [0, 0.1) is 6.92 Å². The molecule has 2 heterocycles. The fourth-order valence-electron chi connectivity index (χ4n) is 1.57. The zero-order valence-corrected chi connectivity index (χ0v) is 11.1. The van der Waals surface area contributed by atoms with E-state index < -0.39 is 0 Å². The van der Waals surface area contributed by atoms with Gasteiger partial charge in [0, 0.05) is 24.8 Å². The fraction of sp³-hybridized carbons (Fsp3) is 0.600. The van der Waals surface area contributed by atoms with Crippen LogP contribution >= 0.6 is 24.2 Å². The first-order valence-electron chi connectivity index (χ1n) is 5.02. The first-order valence-corrected chi connectivity index (χ1v) is 6.24. The number of aromatic nitrogens is 2. The Kier molecular flexibility index (Phi) is 5.31. The maximum absolute atomic E-state index is 5.32. The van der Waals surface area contributed by atoms with Crippen LogP contribution in [0.3, 0.4) is 0 Å². The molecule has 1 saturated heterocycles. The maximum Gasteiger partial charge on any atom is 0.189 e. The number of hydrogen-bond donors (Lipinski definition) is 0. The van der Waals surface area contributed by atoms with Crippen LogP contribution < -0.4 is 4.90 Å². The number of morpholine rings is 1. The summed E-state index contributed by atoms with van der Waals surface area (Å²) in [5.41, 5.74) is 1.02. The molecule has 6 heteroatoms. The lowest BCUT2D eigenvalue weighted by Gasteiger charge is -2.28. The van der Waals surface area contributed by atoms with E-state index >= 15 is 0 Å². The van der Waals surface area contributed by atoms with E-state index in [2.05, 4.69) is 14.9 Å². The summed E-state index contributed by atoms with van der Waals surface area (Å²) in [5.74, 6) is 1.02. The zero-order chi connectivity index (χ0) is 10.7. The van der Waals surface area contributed by atoms with Gasteiger partial charge in [-0.3, -0.25) is 0 Å². The summed E-state index contributed by atoms with van der Waals surface area (Å²) in [4.78, 5) is 11.1. The highest BCUT2D eigenvalue weighted by Gasteiger charge is 2.13. The quantitative estimate of drug-likeness (QED) is 0.599. The minimum atomic E-state index is 0. The third-order valence-corrected chi connectivity index (χ3v) is 2.89. The van der Waals surface area contributed by atoms with Crippen molar-refractivity contribution >= 4 is 30.0 Å². The Balaban J connectivity index is 0.00000128. The molecule has 0 bridgehead atoms. The minimum absolute atomic E-state index is 0. The van der Waals surface area contributed by atoms with E-state index in [9.17, 15) is 0 Å². The van der Waals surface area contributed by atoms with Crippen LogP contribution in [0.25, 0.3) is 0 Å². The van der Waals surface area contributed by atoms with Gasteiger partial charge in [-0.05, 0) is 13.2 Å². The molecule has 0 unspecified atom stereocenters. The maximum atomic E-state index is 5.32. The lowest BCUT2D eigenvalue weighted by Crippen LogP contribution is -2.36. The van der Waals surface area contributed by atoms with Crippen molar-refractivity contribution in [2.24, 2.45) is 0 Å². The Labute approximate surface area is 106 Å². The molecule has 1 aliphatic heterocycles. The van der Waals surface area contributed by atoms with Gasteiger partial charge < -0.3 is 9.64 Å². The molecule has 0 N–H and O–H groups in total. The first kappa shape index (κ1) is 13.5. The van der Waals surface area contributed by atoms with Crippen molar-refractivity contribution in [3.63, 3.8) is 0 Å². The molecule has 16 heavy (non-hydrogen) atoms. The standard InChI is InChI=1S/C10H15N3OS.ClH/c1-8-7-9(12-10(11-8)15-2)13-3-5-14-6-4-13;/h7H,3-6H2,1-2H3;1H. The van der Waals surface area contributed by atoms with Gasteiger partial charge in [-0.15, -0.1) is 12.4 Å². The second-order valence-electron chi connectivity index (χ2n) is 3.45. The average Bonchev–Trinajstić information content (AvgIpc) is 2.29. The summed E-state index contributed by atoms with van der Waals surface area (Å²) in [7, 11) is 0. The molecule has 0 atom stereocenters. The van der Waals surface area contributed by atoms with Crippen molar-refractivity contribution in [1.29, 1.82) is 0 Å². The predicted molar refractivity (Wildman–Crippen MR) is 68.8 cm³/mol. The van der Waals surface area contributed by atoms with E-state index in [1.807, 2.05) is 19.2 Å². The lowest BCUT2D eigenvalue weighted by atomic mass is 10.3. The molecule has 1 fully saturated rings. The van der Waals surface area contributed by atoms with Crippen LogP contribution in [0.15, 0.2) is 11.2 Å².